The molecule has 2 aromatic rings. The van der Waals surface area contributed by atoms with E-state index >= 15 is 0 Å². The summed E-state index contributed by atoms with van der Waals surface area (Å²) in [7, 11) is 0. The van der Waals surface area contributed by atoms with Crippen molar-refractivity contribution in [3.05, 3.63) is 94.4 Å². The van der Waals surface area contributed by atoms with Gasteiger partial charge in [-0.2, -0.15) is 0 Å². The lowest BCUT2D eigenvalue weighted by Crippen LogP contribution is -2.51. The highest BCUT2D eigenvalue weighted by Gasteiger charge is 2.38. The van der Waals surface area contributed by atoms with Crippen molar-refractivity contribution in [2.45, 2.75) is 19.4 Å². The van der Waals surface area contributed by atoms with Gasteiger partial charge in [0, 0.05) is 55.6 Å². The van der Waals surface area contributed by atoms with Gasteiger partial charge in [0.15, 0.2) is 0 Å². The van der Waals surface area contributed by atoms with Crippen molar-refractivity contribution in [2.75, 3.05) is 45.9 Å². The van der Waals surface area contributed by atoms with Crippen molar-refractivity contribution in [1.29, 1.82) is 0 Å². The molecule has 1 unspecified atom stereocenters. The van der Waals surface area contributed by atoms with E-state index in [2.05, 4.69) is 16.8 Å². The topological polar surface area (TPSA) is 82.2 Å². The molecule has 2 heterocycles. The van der Waals surface area contributed by atoms with Crippen LogP contribution in [-0.4, -0.2) is 78.5 Å². The zero-order chi connectivity index (χ0) is 27.9. The van der Waals surface area contributed by atoms with Crippen molar-refractivity contribution >= 4 is 29.5 Å². The van der Waals surface area contributed by atoms with Crippen molar-refractivity contribution in [1.82, 2.24) is 20.0 Å². The average molecular weight is 555 g/mol. The van der Waals surface area contributed by atoms with Crippen LogP contribution >= 0.6 is 11.6 Å². The monoisotopic (exact) mass is 554 g/mol. The fourth-order valence-electron chi connectivity index (χ4n) is 4.90. The first-order chi connectivity index (χ1) is 18.8. The molecule has 1 N–H and O–H groups in total. The number of rotatable bonds is 8. The number of amides is 3. The highest BCUT2D eigenvalue weighted by molar-refractivity contribution is 6.30. The molecule has 10 heteroatoms. The second kappa shape index (κ2) is 12.9. The summed E-state index contributed by atoms with van der Waals surface area (Å²) in [5.41, 5.74) is 1.89. The van der Waals surface area contributed by atoms with Crippen LogP contribution < -0.4 is 5.32 Å². The number of esters is 1. The van der Waals surface area contributed by atoms with Gasteiger partial charge < -0.3 is 15.0 Å². The molecule has 0 radical (unpaired) electrons. The fraction of sp³-hybridized carbons (Fsp3) is 0.345. The first-order valence-electron chi connectivity index (χ1n) is 12.9. The highest BCUT2D eigenvalue weighted by Crippen LogP contribution is 2.33. The number of hydrogen-bond donors (Lipinski definition) is 1. The molecule has 0 aliphatic carbocycles. The van der Waals surface area contributed by atoms with E-state index in [-0.39, 0.29) is 25.1 Å². The molecule has 2 aromatic carbocycles. The zero-order valence-electron chi connectivity index (χ0n) is 21.9. The number of nitrogens with one attached hydrogen (secondary N) is 1. The number of carbonyl (C=O) groups excluding carboxylic acids is 3. The number of hydrogen-bond acceptors (Lipinski definition) is 5. The Morgan fingerprint density at radius 2 is 1.92 bits per heavy atom. The summed E-state index contributed by atoms with van der Waals surface area (Å²) in [5.74, 6) is -1.20. The van der Waals surface area contributed by atoms with Gasteiger partial charge in [-0.15, -0.1) is 6.58 Å². The minimum Gasteiger partial charge on any atom is -0.463 e. The third-order valence-electron chi connectivity index (χ3n) is 6.77. The second-order valence-electron chi connectivity index (χ2n) is 9.35. The van der Waals surface area contributed by atoms with E-state index in [0.717, 1.165) is 0 Å². The number of carbonyl (C=O) groups is 3. The maximum Gasteiger partial charge on any atom is 0.338 e. The molecular formula is C29H32ClFN4O4. The molecule has 4 rings (SSSR count). The van der Waals surface area contributed by atoms with Gasteiger partial charge in [-0.25, -0.2) is 14.0 Å². The van der Waals surface area contributed by atoms with Gasteiger partial charge in [0.05, 0.1) is 18.2 Å². The van der Waals surface area contributed by atoms with Gasteiger partial charge in [-0.3, -0.25) is 14.6 Å². The molecular weight excluding hydrogens is 523 g/mol. The lowest BCUT2D eigenvalue weighted by atomic mass is 9.94. The summed E-state index contributed by atoms with van der Waals surface area (Å²) in [6, 6.07) is 11.6. The minimum absolute atomic E-state index is 0.180. The van der Waals surface area contributed by atoms with E-state index in [4.69, 9.17) is 16.3 Å². The molecule has 3 amide bonds. The SMILES string of the molecule is C=CCN1C(=O)NC(c2ccc(Cl)cc2)C(C(=O)OCC)=C1CN1CCCN(C(=O)c2cccc(F)c2)CC1. The van der Waals surface area contributed by atoms with Gasteiger partial charge in [0.25, 0.3) is 5.91 Å². The van der Waals surface area contributed by atoms with E-state index in [1.165, 1.54) is 23.1 Å². The van der Waals surface area contributed by atoms with Crippen molar-refractivity contribution in [2.24, 2.45) is 0 Å². The molecule has 39 heavy (non-hydrogen) atoms. The van der Waals surface area contributed by atoms with Crippen LogP contribution in [0.5, 0.6) is 0 Å². The van der Waals surface area contributed by atoms with Crippen LogP contribution in [0.4, 0.5) is 9.18 Å². The molecule has 0 saturated carbocycles. The number of benzene rings is 2. The smallest absolute Gasteiger partial charge is 0.338 e. The number of ether oxygens (including phenoxy) is 1. The first-order valence-corrected chi connectivity index (χ1v) is 13.3. The lowest BCUT2D eigenvalue weighted by Gasteiger charge is -2.38. The molecule has 1 atom stereocenters. The molecule has 1 saturated heterocycles. The fourth-order valence-corrected chi connectivity index (χ4v) is 5.02. The summed E-state index contributed by atoms with van der Waals surface area (Å²) in [6.07, 6.45) is 2.28. The van der Waals surface area contributed by atoms with Gasteiger partial charge in [0.1, 0.15) is 5.82 Å². The Morgan fingerprint density at radius 3 is 2.62 bits per heavy atom. The second-order valence-corrected chi connectivity index (χ2v) is 9.78. The Kier molecular flexibility index (Phi) is 9.37. The van der Waals surface area contributed by atoms with Crippen molar-refractivity contribution in [3.8, 4) is 0 Å². The normalized spacial score (nSPS) is 18.4. The van der Waals surface area contributed by atoms with Crippen LogP contribution in [0, 0.1) is 5.82 Å². The van der Waals surface area contributed by atoms with Gasteiger partial charge in [-0.1, -0.05) is 35.9 Å². The summed E-state index contributed by atoms with van der Waals surface area (Å²) in [6.45, 7) is 8.28. The van der Waals surface area contributed by atoms with Crippen LogP contribution in [0.15, 0.2) is 72.5 Å². The summed E-state index contributed by atoms with van der Waals surface area (Å²) in [5, 5.41) is 3.48. The highest BCUT2D eigenvalue weighted by atomic mass is 35.5. The standard InChI is InChI=1S/C29H32ClFN4O4/c1-3-13-35-24(19-33-14-6-15-34(17-16-33)27(36)21-7-5-8-23(31)18-21)25(28(37)39-4-2)26(32-29(35)38)20-9-11-22(30)12-10-20/h3,5,7-12,18,26H,1,4,6,13-17,19H2,2H3,(H,32,38). The molecule has 206 valence electrons. The average Bonchev–Trinajstić information content (AvgIpc) is 3.16. The van der Waals surface area contributed by atoms with Crippen molar-refractivity contribution in [3.63, 3.8) is 0 Å². The minimum atomic E-state index is -0.720. The predicted molar refractivity (Wildman–Crippen MR) is 147 cm³/mol. The Labute approximate surface area is 232 Å². The van der Waals surface area contributed by atoms with Crippen LogP contribution in [0.1, 0.15) is 35.3 Å². The Hall–Kier alpha value is -3.69. The molecule has 2 aliphatic rings. The Bertz CT molecular complexity index is 1270. The third-order valence-corrected chi connectivity index (χ3v) is 7.02. The summed E-state index contributed by atoms with van der Waals surface area (Å²) < 4.78 is 19.1. The van der Waals surface area contributed by atoms with E-state index in [9.17, 15) is 18.8 Å². The molecule has 0 aromatic heterocycles. The number of nitrogens with zero attached hydrogens (tertiary/aromatic N) is 3. The zero-order valence-corrected chi connectivity index (χ0v) is 22.6. The summed E-state index contributed by atoms with van der Waals surface area (Å²) in [4.78, 5) is 44.9. The summed E-state index contributed by atoms with van der Waals surface area (Å²) >= 11 is 6.08. The van der Waals surface area contributed by atoms with Crippen molar-refractivity contribution < 1.29 is 23.5 Å². The number of halogens is 2. The largest absolute Gasteiger partial charge is 0.463 e. The Morgan fingerprint density at radius 1 is 1.15 bits per heavy atom. The molecule has 0 spiro atoms. The van der Waals surface area contributed by atoms with Crippen LogP contribution in [0.3, 0.4) is 0 Å². The molecule has 0 bridgehead atoms. The van der Waals surface area contributed by atoms with Gasteiger partial charge in [0.2, 0.25) is 0 Å². The van der Waals surface area contributed by atoms with Crippen LogP contribution in [-0.2, 0) is 9.53 Å². The molecule has 1 fully saturated rings. The quantitative estimate of drug-likeness (QED) is 0.386. The number of urea groups is 1. The van der Waals surface area contributed by atoms with E-state index < -0.39 is 17.8 Å². The van der Waals surface area contributed by atoms with E-state index in [0.29, 0.717) is 66.6 Å². The molecule has 2 aliphatic heterocycles. The lowest BCUT2D eigenvalue weighted by molar-refractivity contribution is -0.139. The molecule has 8 nitrogen and oxygen atoms in total. The maximum absolute atomic E-state index is 13.7. The van der Waals surface area contributed by atoms with Gasteiger partial charge in [-0.05, 0) is 49.2 Å². The predicted octanol–water partition coefficient (Wildman–Crippen LogP) is 4.40. The Balaban J connectivity index is 1.64. The van der Waals surface area contributed by atoms with E-state index in [1.807, 2.05) is 0 Å². The van der Waals surface area contributed by atoms with Gasteiger partial charge >= 0.3 is 12.0 Å². The van der Waals surface area contributed by atoms with Crippen LogP contribution in [0.2, 0.25) is 5.02 Å². The first kappa shape index (κ1) is 28.3. The van der Waals surface area contributed by atoms with Crippen LogP contribution in [0.25, 0.3) is 0 Å². The maximum atomic E-state index is 13.7. The van der Waals surface area contributed by atoms with E-state index in [1.54, 1.807) is 48.2 Å². The third kappa shape index (κ3) is 6.66.